The molecule has 1 unspecified atom stereocenters. The van der Waals surface area contributed by atoms with Gasteiger partial charge in [0.25, 0.3) is 0 Å². The number of fused-ring (bicyclic) bond motifs is 1. The van der Waals surface area contributed by atoms with E-state index in [0.29, 0.717) is 6.04 Å². The average molecular weight is 387 g/mol. The SMILES string of the molecule is CCNC(=NCC1(c2cccc(Cl)c2)CC1)NC1CCc2nc(C)nn2C1. The van der Waals surface area contributed by atoms with Crippen LogP contribution in [0, 0.1) is 6.92 Å². The van der Waals surface area contributed by atoms with Crippen LogP contribution in [-0.2, 0) is 18.4 Å². The molecule has 7 heteroatoms. The van der Waals surface area contributed by atoms with Gasteiger partial charge in [0.15, 0.2) is 5.96 Å². The van der Waals surface area contributed by atoms with Crippen LogP contribution in [0.15, 0.2) is 29.3 Å². The highest BCUT2D eigenvalue weighted by Gasteiger charge is 2.44. The predicted octanol–water partition coefficient (Wildman–Crippen LogP) is 2.84. The van der Waals surface area contributed by atoms with Crippen LogP contribution in [0.4, 0.5) is 0 Å². The van der Waals surface area contributed by atoms with E-state index in [-0.39, 0.29) is 5.41 Å². The van der Waals surface area contributed by atoms with Crippen LogP contribution in [0.3, 0.4) is 0 Å². The van der Waals surface area contributed by atoms with Gasteiger partial charge in [0, 0.05) is 29.4 Å². The Kier molecular flexibility index (Phi) is 5.08. The maximum atomic E-state index is 6.19. The fraction of sp³-hybridized carbons (Fsp3) is 0.550. The van der Waals surface area contributed by atoms with Crippen LogP contribution in [0.25, 0.3) is 0 Å². The van der Waals surface area contributed by atoms with E-state index in [9.17, 15) is 0 Å². The van der Waals surface area contributed by atoms with Gasteiger partial charge < -0.3 is 10.6 Å². The largest absolute Gasteiger partial charge is 0.357 e. The summed E-state index contributed by atoms with van der Waals surface area (Å²) in [7, 11) is 0. The molecule has 0 bridgehead atoms. The number of rotatable bonds is 5. The first-order chi connectivity index (χ1) is 13.1. The molecule has 1 atom stereocenters. The van der Waals surface area contributed by atoms with Crippen molar-refractivity contribution in [2.45, 2.75) is 57.5 Å². The predicted molar refractivity (Wildman–Crippen MR) is 108 cm³/mol. The highest BCUT2D eigenvalue weighted by molar-refractivity contribution is 6.30. The smallest absolute Gasteiger partial charge is 0.191 e. The van der Waals surface area contributed by atoms with Crippen molar-refractivity contribution in [3.8, 4) is 0 Å². The van der Waals surface area contributed by atoms with Gasteiger partial charge in [0.2, 0.25) is 0 Å². The number of nitrogens with zero attached hydrogens (tertiary/aromatic N) is 4. The fourth-order valence-corrected chi connectivity index (χ4v) is 3.99. The fourth-order valence-electron chi connectivity index (χ4n) is 3.80. The minimum atomic E-state index is 0.149. The lowest BCUT2D eigenvalue weighted by Crippen LogP contribution is -2.47. The summed E-state index contributed by atoms with van der Waals surface area (Å²) in [5, 5.41) is 12.3. The van der Waals surface area contributed by atoms with Crippen molar-refractivity contribution in [3.05, 3.63) is 46.5 Å². The summed E-state index contributed by atoms with van der Waals surface area (Å²) in [6, 6.07) is 8.53. The van der Waals surface area contributed by atoms with Crippen molar-refractivity contribution < 1.29 is 0 Å². The van der Waals surface area contributed by atoms with Crippen molar-refractivity contribution in [1.29, 1.82) is 0 Å². The quantitative estimate of drug-likeness (QED) is 0.612. The minimum Gasteiger partial charge on any atom is -0.357 e. The summed E-state index contributed by atoms with van der Waals surface area (Å²) in [4.78, 5) is 9.40. The number of aromatic nitrogens is 3. The Morgan fingerprint density at radius 3 is 3.00 bits per heavy atom. The Hall–Kier alpha value is -2.08. The van der Waals surface area contributed by atoms with E-state index in [1.165, 1.54) is 18.4 Å². The minimum absolute atomic E-state index is 0.149. The third-order valence-corrected chi connectivity index (χ3v) is 5.71. The average Bonchev–Trinajstić information content (AvgIpc) is 3.35. The Bertz CT molecular complexity index is 839. The van der Waals surface area contributed by atoms with Gasteiger partial charge in [-0.05, 0) is 50.8 Å². The summed E-state index contributed by atoms with van der Waals surface area (Å²) in [5.41, 5.74) is 1.45. The molecule has 0 amide bonds. The van der Waals surface area contributed by atoms with Crippen LogP contribution in [-0.4, -0.2) is 39.9 Å². The number of aryl methyl sites for hydroxylation is 2. The number of hydrogen-bond donors (Lipinski definition) is 2. The maximum Gasteiger partial charge on any atom is 0.191 e. The molecule has 27 heavy (non-hydrogen) atoms. The number of aliphatic imine (C=N–C) groups is 1. The van der Waals surface area contributed by atoms with Gasteiger partial charge in [0.1, 0.15) is 11.6 Å². The zero-order chi connectivity index (χ0) is 18.9. The molecular formula is C20H27ClN6. The first-order valence-corrected chi connectivity index (χ1v) is 10.2. The second-order valence-corrected chi connectivity index (χ2v) is 8.06. The second-order valence-electron chi connectivity index (χ2n) is 7.62. The monoisotopic (exact) mass is 386 g/mol. The molecule has 144 valence electrons. The molecule has 0 radical (unpaired) electrons. The molecular weight excluding hydrogens is 360 g/mol. The van der Waals surface area contributed by atoms with Gasteiger partial charge in [0.05, 0.1) is 13.1 Å². The van der Waals surface area contributed by atoms with Gasteiger partial charge in [-0.1, -0.05) is 23.7 Å². The highest BCUT2D eigenvalue weighted by Crippen LogP contribution is 2.48. The molecule has 2 aromatic rings. The lowest BCUT2D eigenvalue weighted by Gasteiger charge is -2.25. The van der Waals surface area contributed by atoms with Gasteiger partial charge in [-0.15, -0.1) is 0 Å². The summed E-state index contributed by atoms with van der Waals surface area (Å²) in [6.07, 6.45) is 4.33. The van der Waals surface area contributed by atoms with E-state index in [1.807, 2.05) is 23.7 Å². The molecule has 0 spiro atoms. The number of guanidine groups is 1. The van der Waals surface area contributed by atoms with Crippen molar-refractivity contribution in [1.82, 2.24) is 25.4 Å². The summed E-state index contributed by atoms with van der Waals surface area (Å²) in [5.74, 6) is 2.82. The maximum absolute atomic E-state index is 6.19. The molecule has 2 heterocycles. The van der Waals surface area contributed by atoms with Crippen LogP contribution >= 0.6 is 11.6 Å². The van der Waals surface area contributed by atoms with Crippen molar-refractivity contribution >= 4 is 17.6 Å². The molecule has 1 aromatic heterocycles. The number of nitrogens with one attached hydrogen (secondary N) is 2. The van der Waals surface area contributed by atoms with Gasteiger partial charge in [-0.25, -0.2) is 9.67 Å². The standard InChI is InChI=1S/C20H27ClN6/c1-3-22-19(25-17-7-8-18-24-14(2)26-27(18)12-17)23-13-20(9-10-20)15-5-4-6-16(21)11-15/h4-6,11,17H,3,7-10,12-13H2,1-2H3,(H2,22,23,25). The zero-order valence-corrected chi connectivity index (χ0v) is 16.8. The van der Waals surface area contributed by atoms with E-state index in [4.69, 9.17) is 16.6 Å². The molecule has 0 saturated heterocycles. The van der Waals surface area contributed by atoms with E-state index < -0.39 is 0 Å². The second kappa shape index (κ2) is 7.50. The molecule has 1 fully saturated rings. The Balaban J connectivity index is 1.43. The van der Waals surface area contributed by atoms with Crippen molar-refractivity contribution in [2.75, 3.05) is 13.1 Å². The number of benzene rings is 1. The Labute approximate surface area is 165 Å². The molecule has 2 N–H and O–H groups in total. The van der Waals surface area contributed by atoms with Crippen LogP contribution in [0.2, 0.25) is 5.02 Å². The Morgan fingerprint density at radius 2 is 2.26 bits per heavy atom. The van der Waals surface area contributed by atoms with Crippen molar-refractivity contribution in [2.24, 2.45) is 4.99 Å². The van der Waals surface area contributed by atoms with Crippen molar-refractivity contribution in [3.63, 3.8) is 0 Å². The van der Waals surface area contributed by atoms with E-state index in [2.05, 4.69) is 39.8 Å². The number of hydrogen-bond acceptors (Lipinski definition) is 3. The third kappa shape index (κ3) is 4.10. The molecule has 1 saturated carbocycles. The van der Waals surface area contributed by atoms with Gasteiger partial charge in [-0.2, -0.15) is 5.10 Å². The summed E-state index contributed by atoms with van der Waals surface area (Å²) >= 11 is 6.19. The molecule has 1 aliphatic heterocycles. The third-order valence-electron chi connectivity index (χ3n) is 5.48. The molecule has 4 rings (SSSR count). The summed E-state index contributed by atoms with van der Waals surface area (Å²) < 4.78 is 2.02. The number of halogens is 1. The highest BCUT2D eigenvalue weighted by atomic mass is 35.5. The molecule has 1 aromatic carbocycles. The van der Waals surface area contributed by atoms with E-state index in [1.54, 1.807) is 0 Å². The van der Waals surface area contributed by atoms with Crippen LogP contribution in [0.5, 0.6) is 0 Å². The van der Waals surface area contributed by atoms with Crippen LogP contribution in [0.1, 0.15) is 43.4 Å². The Morgan fingerprint density at radius 1 is 1.41 bits per heavy atom. The normalized spacial score (nSPS) is 20.9. The van der Waals surface area contributed by atoms with E-state index in [0.717, 1.165) is 55.1 Å². The van der Waals surface area contributed by atoms with Gasteiger partial charge >= 0.3 is 0 Å². The lowest BCUT2D eigenvalue weighted by atomic mass is 9.96. The first-order valence-electron chi connectivity index (χ1n) is 9.79. The lowest BCUT2D eigenvalue weighted by molar-refractivity contribution is 0.392. The molecule has 1 aliphatic carbocycles. The summed E-state index contributed by atoms with van der Waals surface area (Å²) in [6.45, 7) is 6.50. The molecule has 6 nitrogen and oxygen atoms in total. The topological polar surface area (TPSA) is 67.1 Å². The first kappa shape index (κ1) is 18.3. The van der Waals surface area contributed by atoms with Crippen LogP contribution < -0.4 is 10.6 Å². The molecule has 2 aliphatic rings. The van der Waals surface area contributed by atoms with Gasteiger partial charge in [-0.3, -0.25) is 4.99 Å². The van der Waals surface area contributed by atoms with E-state index >= 15 is 0 Å². The zero-order valence-electron chi connectivity index (χ0n) is 16.0.